The molecular formula is C15H19NO5. The highest BCUT2D eigenvalue weighted by Gasteiger charge is 2.25. The zero-order chi connectivity index (χ0) is 15.4. The maximum Gasteiger partial charge on any atom is 0.326 e. The highest BCUT2D eigenvalue weighted by molar-refractivity contribution is 5.99. The SMILES string of the molecule is CC(C)C[C@H](NC(=O)c1cccc2c1OCCO2)C(=O)O. The summed E-state index contributed by atoms with van der Waals surface area (Å²) in [4.78, 5) is 23.5. The molecule has 6 heteroatoms. The molecule has 0 aliphatic carbocycles. The lowest BCUT2D eigenvalue weighted by atomic mass is 10.0. The first kappa shape index (κ1) is 15.2. The van der Waals surface area contributed by atoms with Gasteiger partial charge in [0.2, 0.25) is 0 Å². The van der Waals surface area contributed by atoms with Crippen LogP contribution in [0, 0.1) is 5.92 Å². The van der Waals surface area contributed by atoms with Gasteiger partial charge in [0, 0.05) is 0 Å². The van der Waals surface area contributed by atoms with E-state index >= 15 is 0 Å². The van der Waals surface area contributed by atoms with E-state index in [4.69, 9.17) is 9.47 Å². The summed E-state index contributed by atoms with van der Waals surface area (Å²) in [6.07, 6.45) is 0.369. The number of carboxylic acid groups (broad SMARTS) is 1. The van der Waals surface area contributed by atoms with Crippen LogP contribution in [0.4, 0.5) is 0 Å². The Morgan fingerprint density at radius 3 is 2.67 bits per heavy atom. The minimum Gasteiger partial charge on any atom is -0.486 e. The summed E-state index contributed by atoms with van der Waals surface area (Å²) in [6.45, 7) is 4.61. The Morgan fingerprint density at radius 2 is 2.00 bits per heavy atom. The lowest BCUT2D eigenvalue weighted by Crippen LogP contribution is -2.41. The van der Waals surface area contributed by atoms with Crippen molar-refractivity contribution in [3.8, 4) is 11.5 Å². The van der Waals surface area contributed by atoms with Crippen LogP contribution >= 0.6 is 0 Å². The van der Waals surface area contributed by atoms with Crippen molar-refractivity contribution >= 4 is 11.9 Å². The average molecular weight is 293 g/mol. The summed E-state index contributed by atoms with van der Waals surface area (Å²) in [5, 5.41) is 11.7. The first-order valence-corrected chi connectivity index (χ1v) is 6.91. The van der Waals surface area contributed by atoms with Gasteiger partial charge >= 0.3 is 5.97 Å². The summed E-state index contributed by atoms with van der Waals surface area (Å²) in [7, 11) is 0. The van der Waals surface area contributed by atoms with Crippen molar-refractivity contribution in [2.24, 2.45) is 5.92 Å². The summed E-state index contributed by atoms with van der Waals surface area (Å²) >= 11 is 0. The van der Waals surface area contributed by atoms with E-state index in [0.29, 0.717) is 36.7 Å². The second-order valence-corrected chi connectivity index (χ2v) is 5.32. The van der Waals surface area contributed by atoms with Crippen molar-refractivity contribution in [3.05, 3.63) is 23.8 Å². The van der Waals surface area contributed by atoms with Gasteiger partial charge in [0.1, 0.15) is 19.3 Å². The molecule has 6 nitrogen and oxygen atoms in total. The lowest BCUT2D eigenvalue weighted by Gasteiger charge is -2.22. The van der Waals surface area contributed by atoms with E-state index in [9.17, 15) is 14.7 Å². The zero-order valence-corrected chi connectivity index (χ0v) is 12.1. The Kier molecular flexibility index (Phi) is 4.67. The van der Waals surface area contributed by atoms with Crippen LogP contribution in [0.5, 0.6) is 11.5 Å². The van der Waals surface area contributed by atoms with Crippen molar-refractivity contribution in [1.29, 1.82) is 0 Å². The largest absolute Gasteiger partial charge is 0.486 e. The molecular weight excluding hydrogens is 274 g/mol. The molecule has 0 fully saturated rings. The summed E-state index contributed by atoms with van der Waals surface area (Å²) in [6, 6.07) is 4.07. The van der Waals surface area contributed by atoms with Crippen LogP contribution in [-0.2, 0) is 4.79 Å². The molecule has 0 unspecified atom stereocenters. The number of hydrogen-bond donors (Lipinski definition) is 2. The normalized spacial score (nSPS) is 14.6. The van der Waals surface area contributed by atoms with Gasteiger partial charge in [-0.15, -0.1) is 0 Å². The zero-order valence-electron chi connectivity index (χ0n) is 12.1. The first-order chi connectivity index (χ1) is 9.99. The number of carboxylic acids is 1. The number of ether oxygens (including phenoxy) is 2. The van der Waals surface area contributed by atoms with Crippen LogP contribution in [-0.4, -0.2) is 36.2 Å². The van der Waals surface area contributed by atoms with Crippen molar-refractivity contribution in [1.82, 2.24) is 5.32 Å². The summed E-state index contributed by atoms with van der Waals surface area (Å²) in [5.74, 6) is -0.473. The molecule has 1 aliphatic rings. The third-order valence-corrected chi connectivity index (χ3v) is 3.12. The van der Waals surface area contributed by atoms with Crippen LogP contribution in [0.3, 0.4) is 0 Å². The fourth-order valence-corrected chi connectivity index (χ4v) is 2.18. The summed E-state index contributed by atoms with van der Waals surface area (Å²) in [5.41, 5.74) is 0.294. The van der Waals surface area contributed by atoms with E-state index in [1.54, 1.807) is 18.2 Å². The molecule has 1 aromatic carbocycles. The number of hydrogen-bond acceptors (Lipinski definition) is 4. The smallest absolute Gasteiger partial charge is 0.326 e. The minimum atomic E-state index is -1.04. The van der Waals surface area contributed by atoms with Gasteiger partial charge in [-0.25, -0.2) is 4.79 Å². The molecule has 1 atom stereocenters. The molecule has 0 saturated heterocycles. The van der Waals surface area contributed by atoms with Gasteiger partial charge in [0.05, 0.1) is 5.56 Å². The molecule has 0 radical (unpaired) electrons. The number of para-hydroxylation sites is 1. The van der Waals surface area contributed by atoms with Crippen LogP contribution < -0.4 is 14.8 Å². The van der Waals surface area contributed by atoms with Gasteiger partial charge in [-0.05, 0) is 24.5 Å². The molecule has 2 rings (SSSR count). The quantitative estimate of drug-likeness (QED) is 0.863. The standard InChI is InChI=1S/C15H19NO5/c1-9(2)8-11(15(18)19)16-14(17)10-4-3-5-12-13(10)21-7-6-20-12/h3-5,9,11H,6-8H2,1-2H3,(H,16,17)(H,18,19)/t11-/m0/s1. The van der Waals surface area contributed by atoms with E-state index in [-0.39, 0.29) is 5.92 Å². The third-order valence-electron chi connectivity index (χ3n) is 3.12. The number of carbonyl (C=O) groups is 2. The van der Waals surface area contributed by atoms with E-state index in [2.05, 4.69) is 5.32 Å². The van der Waals surface area contributed by atoms with E-state index < -0.39 is 17.9 Å². The van der Waals surface area contributed by atoms with Gasteiger partial charge in [0.25, 0.3) is 5.91 Å². The molecule has 2 N–H and O–H groups in total. The van der Waals surface area contributed by atoms with Crippen molar-refractivity contribution in [2.45, 2.75) is 26.3 Å². The third kappa shape index (κ3) is 3.65. The van der Waals surface area contributed by atoms with E-state index in [1.165, 1.54) is 0 Å². The molecule has 114 valence electrons. The molecule has 0 bridgehead atoms. The molecule has 1 amide bonds. The average Bonchev–Trinajstić information content (AvgIpc) is 2.45. The van der Waals surface area contributed by atoms with Crippen molar-refractivity contribution in [2.75, 3.05) is 13.2 Å². The molecule has 21 heavy (non-hydrogen) atoms. The Hall–Kier alpha value is -2.24. The number of benzene rings is 1. The number of nitrogens with one attached hydrogen (secondary N) is 1. The second-order valence-electron chi connectivity index (χ2n) is 5.32. The molecule has 1 aromatic rings. The number of amides is 1. The van der Waals surface area contributed by atoms with E-state index in [0.717, 1.165) is 0 Å². The Labute approximate surface area is 123 Å². The fraction of sp³-hybridized carbons (Fsp3) is 0.467. The molecule has 0 spiro atoms. The Balaban J connectivity index is 2.18. The topological polar surface area (TPSA) is 84.9 Å². The van der Waals surface area contributed by atoms with Crippen LogP contribution in [0.25, 0.3) is 0 Å². The number of fused-ring (bicyclic) bond motifs is 1. The van der Waals surface area contributed by atoms with Gasteiger partial charge in [0.15, 0.2) is 11.5 Å². The first-order valence-electron chi connectivity index (χ1n) is 6.91. The highest BCUT2D eigenvalue weighted by Crippen LogP contribution is 2.33. The minimum absolute atomic E-state index is 0.163. The number of rotatable bonds is 5. The second kappa shape index (κ2) is 6.47. The van der Waals surface area contributed by atoms with Crippen molar-refractivity contribution < 1.29 is 24.2 Å². The Morgan fingerprint density at radius 1 is 1.29 bits per heavy atom. The fourth-order valence-electron chi connectivity index (χ4n) is 2.18. The van der Waals surface area contributed by atoms with Gasteiger partial charge in [-0.3, -0.25) is 4.79 Å². The van der Waals surface area contributed by atoms with Gasteiger partial charge in [-0.1, -0.05) is 19.9 Å². The van der Waals surface area contributed by atoms with E-state index in [1.807, 2.05) is 13.8 Å². The molecule has 1 aliphatic heterocycles. The summed E-state index contributed by atoms with van der Waals surface area (Å²) < 4.78 is 10.9. The highest BCUT2D eigenvalue weighted by atomic mass is 16.6. The monoisotopic (exact) mass is 293 g/mol. The molecule has 0 aromatic heterocycles. The maximum absolute atomic E-state index is 12.3. The number of aliphatic carboxylic acids is 1. The Bertz CT molecular complexity index is 541. The van der Waals surface area contributed by atoms with Gasteiger partial charge < -0.3 is 19.9 Å². The van der Waals surface area contributed by atoms with Gasteiger partial charge in [-0.2, -0.15) is 0 Å². The molecule has 1 heterocycles. The predicted molar refractivity (Wildman–Crippen MR) is 75.8 cm³/mol. The van der Waals surface area contributed by atoms with Crippen LogP contribution in [0.2, 0.25) is 0 Å². The predicted octanol–water partition coefficient (Wildman–Crippen LogP) is 1.69. The van der Waals surface area contributed by atoms with Crippen molar-refractivity contribution in [3.63, 3.8) is 0 Å². The lowest BCUT2D eigenvalue weighted by molar-refractivity contribution is -0.139. The number of carbonyl (C=O) groups excluding carboxylic acids is 1. The maximum atomic E-state index is 12.3. The van der Waals surface area contributed by atoms with Crippen LogP contribution in [0.1, 0.15) is 30.6 Å². The van der Waals surface area contributed by atoms with Crippen LogP contribution in [0.15, 0.2) is 18.2 Å². The molecule has 0 saturated carbocycles.